The maximum absolute atomic E-state index is 12.8. The normalized spacial score (nSPS) is 10.6. The number of nitrogen functional groups attached to an aromatic ring is 1. The van der Waals surface area contributed by atoms with Crippen molar-refractivity contribution in [1.82, 2.24) is 5.32 Å². The second-order valence-corrected chi connectivity index (χ2v) is 8.54. The molecule has 0 unspecified atom stereocenters. The Hall–Kier alpha value is -3.88. The van der Waals surface area contributed by atoms with Crippen LogP contribution in [0.25, 0.3) is 0 Å². The molecule has 9 heteroatoms. The first-order chi connectivity index (χ1) is 16.5. The van der Waals surface area contributed by atoms with Gasteiger partial charge in [0.1, 0.15) is 12.4 Å². The fourth-order valence-corrected chi connectivity index (χ4v) is 3.58. The maximum atomic E-state index is 12.8. The number of carbonyl (C=O) groups is 3. The smallest absolute Gasteiger partial charge is 0.325 e. The van der Waals surface area contributed by atoms with Gasteiger partial charge in [-0.15, -0.1) is 0 Å². The van der Waals surface area contributed by atoms with Gasteiger partial charge in [0, 0.05) is 29.4 Å². The van der Waals surface area contributed by atoms with Crippen LogP contribution in [0.2, 0.25) is 0 Å². The molecule has 2 rings (SSSR count). The van der Waals surface area contributed by atoms with Gasteiger partial charge >= 0.3 is 12.0 Å². The van der Waals surface area contributed by atoms with Crippen molar-refractivity contribution in [2.45, 2.75) is 53.5 Å². The second kappa shape index (κ2) is 12.5. The molecule has 0 aliphatic heterocycles. The van der Waals surface area contributed by atoms with Crippen molar-refractivity contribution in [3.8, 4) is 0 Å². The van der Waals surface area contributed by atoms with E-state index in [2.05, 4.69) is 10.6 Å². The molecule has 0 saturated heterocycles. The number of rotatable bonds is 10. The van der Waals surface area contributed by atoms with Crippen molar-refractivity contribution >= 4 is 35.1 Å². The summed E-state index contributed by atoms with van der Waals surface area (Å²) in [4.78, 5) is 38.6. The number of anilines is 2. The lowest BCUT2D eigenvalue weighted by Gasteiger charge is -2.29. The molecule has 188 valence electrons. The van der Waals surface area contributed by atoms with Gasteiger partial charge in [0.25, 0.3) is 0 Å². The number of nitrogens with two attached hydrogens (primary N) is 1. The van der Waals surface area contributed by atoms with E-state index in [1.807, 2.05) is 52.0 Å². The number of esters is 1. The minimum atomic E-state index is -0.495. The molecule has 0 heterocycles. The molecule has 0 aromatic heterocycles. The first kappa shape index (κ1) is 27.4. The van der Waals surface area contributed by atoms with E-state index in [0.717, 1.165) is 16.7 Å². The number of nitrogens with zero attached hydrogens (tertiary/aromatic N) is 1. The molecular formula is C26H35N5O4. The summed E-state index contributed by atoms with van der Waals surface area (Å²) in [5.74, 6) is -0.606. The number of nitrogens with one attached hydrogen (secondary N) is 3. The van der Waals surface area contributed by atoms with E-state index in [1.165, 1.54) is 0 Å². The zero-order chi connectivity index (χ0) is 26.1. The molecule has 0 spiro atoms. The zero-order valence-electron chi connectivity index (χ0n) is 21.0. The average Bonchev–Trinajstić information content (AvgIpc) is 2.79. The third-order valence-corrected chi connectivity index (χ3v) is 5.41. The van der Waals surface area contributed by atoms with Crippen molar-refractivity contribution in [2.24, 2.45) is 5.73 Å². The van der Waals surface area contributed by atoms with Gasteiger partial charge in [0.15, 0.2) is 0 Å². The Morgan fingerprint density at radius 2 is 1.74 bits per heavy atom. The summed E-state index contributed by atoms with van der Waals surface area (Å²) >= 11 is 0. The predicted molar refractivity (Wildman–Crippen MR) is 138 cm³/mol. The minimum absolute atomic E-state index is 0.0103. The molecule has 2 aromatic carbocycles. The summed E-state index contributed by atoms with van der Waals surface area (Å²) < 4.78 is 4.87. The van der Waals surface area contributed by atoms with Gasteiger partial charge < -0.3 is 21.1 Å². The van der Waals surface area contributed by atoms with Gasteiger partial charge in [-0.3, -0.25) is 19.9 Å². The van der Waals surface area contributed by atoms with E-state index in [-0.39, 0.29) is 30.9 Å². The summed E-state index contributed by atoms with van der Waals surface area (Å²) in [7, 11) is 0. The Balaban J connectivity index is 2.08. The number of urea groups is 1. The van der Waals surface area contributed by atoms with Crippen molar-refractivity contribution in [3.05, 3.63) is 58.7 Å². The lowest BCUT2D eigenvalue weighted by Crippen LogP contribution is -2.46. The van der Waals surface area contributed by atoms with Crippen LogP contribution in [-0.2, 0) is 20.7 Å². The monoisotopic (exact) mass is 481 g/mol. The number of aryl methyl sites for hydroxylation is 3. The van der Waals surface area contributed by atoms with Gasteiger partial charge in [-0.25, -0.2) is 4.79 Å². The number of hydrogen-bond donors (Lipinski definition) is 4. The Bertz CT molecular complexity index is 1080. The molecule has 9 nitrogen and oxygen atoms in total. The molecule has 0 saturated carbocycles. The topological polar surface area (TPSA) is 138 Å². The highest BCUT2D eigenvalue weighted by molar-refractivity contribution is 5.97. The standard InChI is InChI=1S/C26H35N5O4/c1-6-35-24(33)15-29-26(34)31(16(2)3)22-14-17(4)21(13-18(22)5)30-23(32)12-9-19-7-10-20(11-8-19)25(27)28/h7-8,10-11,13-14,16H,6,9,12,15H2,1-5H3,(H3,27,28)(H,29,34)(H,30,32). The summed E-state index contributed by atoms with van der Waals surface area (Å²) in [5, 5.41) is 13.0. The fourth-order valence-electron chi connectivity index (χ4n) is 3.58. The Morgan fingerprint density at radius 3 is 2.31 bits per heavy atom. The molecule has 3 amide bonds. The molecule has 2 aromatic rings. The largest absolute Gasteiger partial charge is 0.465 e. The van der Waals surface area contributed by atoms with Crippen LogP contribution < -0.4 is 21.3 Å². The first-order valence-electron chi connectivity index (χ1n) is 11.6. The van der Waals surface area contributed by atoms with Crippen molar-refractivity contribution in [3.63, 3.8) is 0 Å². The Morgan fingerprint density at radius 1 is 1.09 bits per heavy atom. The van der Waals surface area contributed by atoms with E-state index in [9.17, 15) is 14.4 Å². The summed E-state index contributed by atoms with van der Waals surface area (Å²) in [6.07, 6.45) is 0.857. The average molecular weight is 482 g/mol. The third-order valence-electron chi connectivity index (χ3n) is 5.41. The first-order valence-corrected chi connectivity index (χ1v) is 11.6. The summed E-state index contributed by atoms with van der Waals surface area (Å²) in [6.45, 7) is 9.26. The molecule has 0 bridgehead atoms. The van der Waals surface area contributed by atoms with Crippen LogP contribution >= 0.6 is 0 Å². The molecule has 0 atom stereocenters. The van der Waals surface area contributed by atoms with Crippen molar-refractivity contribution < 1.29 is 19.1 Å². The van der Waals surface area contributed by atoms with Crippen LogP contribution in [0.4, 0.5) is 16.2 Å². The van der Waals surface area contributed by atoms with Crippen LogP contribution in [0.3, 0.4) is 0 Å². The number of carbonyl (C=O) groups excluding carboxylic acids is 3. The number of amidine groups is 1. The molecule has 35 heavy (non-hydrogen) atoms. The molecule has 0 radical (unpaired) electrons. The lowest BCUT2D eigenvalue weighted by molar-refractivity contribution is -0.141. The van der Waals surface area contributed by atoms with Crippen LogP contribution in [0, 0.1) is 19.3 Å². The number of ether oxygens (including phenoxy) is 1. The quantitative estimate of drug-likeness (QED) is 0.233. The van der Waals surface area contributed by atoms with Gasteiger partial charge in [0.2, 0.25) is 5.91 Å². The number of amides is 3. The molecule has 0 aliphatic carbocycles. The highest BCUT2D eigenvalue weighted by Crippen LogP contribution is 2.29. The highest BCUT2D eigenvalue weighted by Gasteiger charge is 2.22. The second-order valence-electron chi connectivity index (χ2n) is 8.54. The van der Waals surface area contributed by atoms with Crippen LogP contribution in [-0.4, -0.2) is 42.9 Å². The SMILES string of the molecule is CCOC(=O)CNC(=O)N(c1cc(C)c(NC(=O)CCc2ccc(C(=N)N)cc2)cc1C)C(C)C. The van der Waals surface area contributed by atoms with Gasteiger partial charge in [-0.1, -0.05) is 24.3 Å². The third kappa shape index (κ3) is 7.84. The Labute approximate surface area is 206 Å². The fraction of sp³-hybridized carbons (Fsp3) is 0.385. The van der Waals surface area contributed by atoms with Crippen LogP contribution in [0.1, 0.15) is 49.4 Å². The molecule has 5 N–H and O–H groups in total. The van der Waals surface area contributed by atoms with E-state index in [4.69, 9.17) is 15.9 Å². The maximum Gasteiger partial charge on any atom is 0.325 e. The number of benzene rings is 2. The summed E-state index contributed by atoms with van der Waals surface area (Å²) in [5.41, 5.74) is 10.1. The van der Waals surface area contributed by atoms with Crippen LogP contribution in [0.15, 0.2) is 36.4 Å². The van der Waals surface area contributed by atoms with E-state index < -0.39 is 12.0 Å². The predicted octanol–water partition coefficient (Wildman–Crippen LogP) is 3.65. The molecule has 0 fully saturated rings. The van der Waals surface area contributed by atoms with E-state index >= 15 is 0 Å². The van der Waals surface area contributed by atoms with E-state index in [0.29, 0.717) is 29.8 Å². The van der Waals surface area contributed by atoms with Crippen LogP contribution in [0.5, 0.6) is 0 Å². The Kier molecular flexibility index (Phi) is 9.81. The van der Waals surface area contributed by atoms with Crippen molar-refractivity contribution in [1.29, 1.82) is 5.41 Å². The lowest BCUT2D eigenvalue weighted by atomic mass is 10.0. The highest BCUT2D eigenvalue weighted by atomic mass is 16.5. The van der Waals surface area contributed by atoms with Gasteiger partial charge in [0.05, 0.1) is 6.61 Å². The van der Waals surface area contributed by atoms with E-state index in [1.54, 1.807) is 24.0 Å². The van der Waals surface area contributed by atoms with Gasteiger partial charge in [-0.05, 0) is 69.9 Å². The zero-order valence-corrected chi connectivity index (χ0v) is 21.0. The van der Waals surface area contributed by atoms with Gasteiger partial charge in [-0.2, -0.15) is 0 Å². The number of hydrogen-bond acceptors (Lipinski definition) is 5. The molecular weight excluding hydrogens is 446 g/mol. The molecule has 0 aliphatic rings. The minimum Gasteiger partial charge on any atom is -0.465 e. The summed E-state index contributed by atoms with van der Waals surface area (Å²) in [6, 6.07) is 10.4. The van der Waals surface area contributed by atoms with Crippen molar-refractivity contribution in [2.75, 3.05) is 23.4 Å².